The normalized spacial score (nSPS) is 28.3. The minimum atomic E-state index is -1.18. The number of rotatable bonds is 14. The van der Waals surface area contributed by atoms with E-state index >= 15 is 0 Å². The van der Waals surface area contributed by atoms with Crippen molar-refractivity contribution >= 4 is 23.4 Å². The predicted octanol–water partition coefficient (Wildman–Crippen LogP) is 4.20. The molecule has 2 bridgehead atoms. The van der Waals surface area contributed by atoms with Gasteiger partial charge in [-0.1, -0.05) is 32.9 Å². The topological polar surface area (TPSA) is 99.6 Å². The van der Waals surface area contributed by atoms with E-state index in [4.69, 9.17) is 9.47 Å². The summed E-state index contributed by atoms with van der Waals surface area (Å²) in [6.07, 6.45) is 4.91. The van der Waals surface area contributed by atoms with Gasteiger partial charge in [0, 0.05) is 24.8 Å². The summed E-state index contributed by atoms with van der Waals surface area (Å²) in [5.74, 6) is -1.85. The number of amides is 3. The van der Waals surface area contributed by atoms with Crippen molar-refractivity contribution < 1.29 is 29.0 Å². The number of carbonyl (C=O) groups excluding carboxylic acids is 3. The lowest BCUT2D eigenvalue weighted by Gasteiger charge is -2.41. The van der Waals surface area contributed by atoms with E-state index in [2.05, 4.69) is 13.2 Å². The van der Waals surface area contributed by atoms with Crippen LogP contribution in [-0.4, -0.2) is 88.3 Å². The lowest BCUT2D eigenvalue weighted by molar-refractivity contribution is -0.158. The summed E-state index contributed by atoms with van der Waals surface area (Å²) in [7, 11) is 0. The molecule has 2 unspecified atom stereocenters. The highest BCUT2D eigenvalue weighted by molar-refractivity contribution is 6.03. The summed E-state index contributed by atoms with van der Waals surface area (Å²) < 4.78 is 12.6. The molecule has 9 heteroatoms. The van der Waals surface area contributed by atoms with Crippen molar-refractivity contribution in [1.82, 2.24) is 9.80 Å². The molecule has 0 aliphatic carbocycles. The second kappa shape index (κ2) is 12.8. The highest BCUT2D eigenvalue weighted by Crippen LogP contribution is 2.65. The van der Waals surface area contributed by atoms with Crippen LogP contribution in [0.1, 0.15) is 60.8 Å². The Bertz CT molecular complexity index is 1210. The SMILES string of the molecule is C=CCN(C(=O)[C@H]1[C@H]2C(=O)N([C@@H](CO)C(C)C)C(C(=O)N(CC=C)C(C)C)C23CC[C@]1(CC)O3)c1ccc(OCC)cc1. The third kappa shape index (κ3) is 5.29. The van der Waals surface area contributed by atoms with Gasteiger partial charge in [0.25, 0.3) is 0 Å². The first-order valence-electron chi connectivity index (χ1n) is 15.7. The number of hydrogen-bond donors (Lipinski definition) is 1. The van der Waals surface area contributed by atoms with Crippen LogP contribution in [0.5, 0.6) is 5.75 Å². The molecule has 236 valence electrons. The van der Waals surface area contributed by atoms with Crippen LogP contribution in [0.2, 0.25) is 0 Å². The lowest BCUT2D eigenvalue weighted by Crippen LogP contribution is -2.60. The van der Waals surface area contributed by atoms with Gasteiger partial charge in [0.15, 0.2) is 0 Å². The molecule has 0 aromatic heterocycles. The van der Waals surface area contributed by atoms with Crippen molar-refractivity contribution in [3.63, 3.8) is 0 Å². The summed E-state index contributed by atoms with van der Waals surface area (Å²) in [6.45, 7) is 20.1. The molecular formula is C34H49N3O6. The summed E-state index contributed by atoms with van der Waals surface area (Å²) in [5, 5.41) is 10.5. The number of hydrogen-bond acceptors (Lipinski definition) is 6. The Morgan fingerprint density at radius 2 is 1.74 bits per heavy atom. The zero-order valence-corrected chi connectivity index (χ0v) is 26.6. The van der Waals surface area contributed by atoms with Crippen LogP contribution in [0.25, 0.3) is 0 Å². The zero-order valence-electron chi connectivity index (χ0n) is 26.6. The minimum Gasteiger partial charge on any atom is -0.494 e. The second-order valence-electron chi connectivity index (χ2n) is 12.6. The van der Waals surface area contributed by atoms with Crippen LogP contribution in [0.3, 0.4) is 0 Å². The third-order valence-electron chi connectivity index (χ3n) is 9.70. The molecule has 3 aliphatic heterocycles. The third-order valence-corrected chi connectivity index (χ3v) is 9.70. The first-order chi connectivity index (χ1) is 20.5. The maximum atomic E-state index is 14.7. The van der Waals surface area contributed by atoms with Crippen LogP contribution in [0.4, 0.5) is 5.69 Å². The smallest absolute Gasteiger partial charge is 0.248 e. The van der Waals surface area contributed by atoms with Crippen LogP contribution in [-0.2, 0) is 19.1 Å². The Labute approximate surface area is 256 Å². The molecule has 1 aromatic rings. The molecule has 0 radical (unpaired) electrons. The number of aliphatic hydroxyl groups excluding tert-OH is 1. The molecule has 1 spiro atoms. The quantitative estimate of drug-likeness (QED) is 0.324. The van der Waals surface area contributed by atoms with Crippen molar-refractivity contribution in [2.45, 2.75) is 90.1 Å². The fourth-order valence-electron chi connectivity index (χ4n) is 7.65. The van der Waals surface area contributed by atoms with Crippen LogP contribution >= 0.6 is 0 Å². The van der Waals surface area contributed by atoms with E-state index < -0.39 is 35.1 Å². The summed E-state index contributed by atoms with van der Waals surface area (Å²) >= 11 is 0. The Kier molecular flexibility index (Phi) is 9.76. The Morgan fingerprint density at radius 3 is 2.26 bits per heavy atom. The van der Waals surface area contributed by atoms with E-state index in [1.807, 2.05) is 65.8 Å². The first kappa shape index (κ1) is 32.7. The largest absolute Gasteiger partial charge is 0.494 e. The number of likely N-dealkylation sites (tertiary alicyclic amines) is 1. The van der Waals surface area contributed by atoms with E-state index in [1.165, 1.54) is 0 Å². The highest BCUT2D eigenvalue weighted by atomic mass is 16.5. The van der Waals surface area contributed by atoms with Crippen molar-refractivity contribution in [2.24, 2.45) is 17.8 Å². The fourth-order valence-corrected chi connectivity index (χ4v) is 7.65. The van der Waals surface area contributed by atoms with E-state index in [-0.39, 0.29) is 42.8 Å². The molecular weight excluding hydrogens is 546 g/mol. The van der Waals surface area contributed by atoms with Gasteiger partial charge in [-0.15, -0.1) is 13.2 Å². The van der Waals surface area contributed by atoms with Crippen molar-refractivity contribution in [1.29, 1.82) is 0 Å². The van der Waals surface area contributed by atoms with Gasteiger partial charge in [-0.25, -0.2) is 0 Å². The maximum absolute atomic E-state index is 14.7. The number of ether oxygens (including phenoxy) is 2. The zero-order chi connectivity index (χ0) is 31.7. The highest BCUT2D eigenvalue weighted by Gasteiger charge is 2.79. The summed E-state index contributed by atoms with van der Waals surface area (Å²) in [4.78, 5) is 48.8. The number of nitrogens with zero attached hydrogens (tertiary/aromatic N) is 3. The molecule has 43 heavy (non-hydrogen) atoms. The second-order valence-corrected chi connectivity index (χ2v) is 12.6. The minimum absolute atomic E-state index is 0.126. The van der Waals surface area contributed by atoms with Gasteiger partial charge in [-0.2, -0.15) is 0 Å². The van der Waals surface area contributed by atoms with Gasteiger partial charge in [0.1, 0.15) is 17.4 Å². The molecule has 1 N–H and O–H groups in total. The van der Waals surface area contributed by atoms with E-state index in [0.717, 1.165) is 0 Å². The van der Waals surface area contributed by atoms with Crippen molar-refractivity contribution in [3.05, 3.63) is 49.6 Å². The molecule has 4 rings (SSSR count). The molecule has 3 saturated heterocycles. The predicted molar refractivity (Wildman–Crippen MR) is 167 cm³/mol. The molecule has 9 nitrogen and oxygen atoms in total. The fraction of sp³-hybridized carbons (Fsp3) is 0.618. The summed E-state index contributed by atoms with van der Waals surface area (Å²) in [6, 6.07) is 5.59. The Hall–Kier alpha value is -3.17. The lowest BCUT2D eigenvalue weighted by atomic mass is 9.64. The Morgan fingerprint density at radius 1 is 1.09 bits per heavy atom. The Balaban J connectivity index is 1.85. The average Bonchev–Trinajstić information content (AvgIpc) is 3.58. The molecule has 3 amide bonds. The number of aliphatic hydroxyl groups is 1. The van der Waals surface area contributed by atoms with Gasteiger partial charge in [0.05, 0.1) is 36.7 Å². The number of carbonyl (C=O) groups is 3. The van der Waals surface area contributed by atoms with Gasteiger partial charge in [-0.3, -0.25) is 14.4 Å². The molecule has 3 aliphatic rings. The van der Waals surface area contributed by atoms with Crippen molar-refractivity contribution in [2.75, 3.05) is 31.2 Å². The standard InChI is InChI=1S/C34H49N3O6/c1-9-19-35(23(7)8)32(41)29-34-18-17-33(11-3,43-34)27(28(34)31(40)37(29)26(21-38)22(5)6)30(39)36(20-10-2)24-13-15-25(16-14-24)42-12-4/h9-10,13-16,22-23,26-29,38H,1-2,11-12,17-21H2,3-8H3/t26-,27+,28-,29?,33-,34?/m0/s1. The van der Waals surface area contributed by atoms with Gasteiger partial charge < -0.3 is 29.3 Å². The molecule has 3 heterocycles. The number of anilines is 1. The van der Waals surface area contributed by atoms with E-state index in [1.54, 1.807) is 26.9 Å². The molecule has 3 fully saturated rings. The average molecular weight is 596 g/mol. The number of fused-ring (bicyclic) bond motifs is 1. The maximum Gasteiger partial charge on any atom is 0.248 e. The van der Waals surface area contributed by atoms with Crippen LogP contribution < -0.4 is 9.64 Å². The monoisotopic (exact) mass is 595 g/mol. The molecule has 0 saturated carbocycles. The molecule has 6 atom stereocenters. The first-order valence-corrected chi connectivity index (χ1v) is 15.7. The molecule has 1 aromatic carbocycles. The summed E-state index contributed by atoms with van der Waals surface area (Å²) in [5.41, 5.74) is -1.40. The van der Waals surface area contributed by atoms with Gasteiger partial charge >= 0.3 is 0 Å². The van der Waals surface area contributed by atoms with Crippen molar-refractivity contribution in [3.8, 4) is 5.75 Å². The van der Waals surface area contributed by atoms with Gasteiger partial charge in [0.2, 0.25) is 17.7 Å². The van der Waals surface area contributed by atoms with Crippen LogP contribution in [0.15, 0.2) is 49.6 Å². The van der Waals surface area contributed by atoms with E-state index in [0.29, 0.717) is 43.9 Å². The van der Waals surface area contributed by atoms with Crippen LogP contribution in [0, 0.1) is 17.8 Å². The van der Waals surface area contributed by atoms with E-state index in [9.17, 15) is 19.5 Å². The van der Waals surface area contributed by atoms with Gasteiger partial charge in [-0.05, 0) is 70.2 Å². The number of benzene rings is 1.